The van der Waals surface area contributed by atoms with Gasteiger partial charge in [-0.3, -0.25) is 4.79 Å². The summed E-state index contributed by atoms with van der Waals surface area (Å²) in [5.74, 6) is -0.445. The number of anilines is 1. The molecule has 1 aliphatic rings. The average Bonchev–Trinajstić information content (AvgIpc) is 2.82. The minimum atomic E-state index is -0.312. The van der Waals surface area contributed by atoms with Gasteiger partial charge in [-0.2, -0.15) is 0 Å². The lowest BCUT2D eigenvalue weighted by atomic mass is 10.1. The number of carbonyl (C=O) groups excluding carboxylic acids is 1. The smallest absolute Gasteiger partial charge is 0.323 e. The maximum absolute atomic E-state index is 13.3. The predicted molar refractivity (Wildman–Crippen MR) is 76.4 cm³/mol. The van der Waals surface area contributed by atoms with Gasteiger partial charge < -0.3 is 15.0 Å². The molecule has 110 valence electrons. The molecule has 4 nitrogen and oxygen atoms in total. The molecule has 1 N–H and O–H groups in total. The number of rotatable bonds is 6. The molecule has 0 fully saturated rings. The van der Waals surface area contributed by atoms with E-state index in [2.05, 4.69) is 10.2 Å². The number of esters is 1. The van der Waals surface area contributed by atoms with E-state index in [1.54, 1.807) is 20.0 Å². The number of benzene rings is 1. The topological polar surface area (TPSA) is 41.6 Å². The molecule has 1 aromatic rings. The maximum Gasteiger partial charge on any atom is 0.323 e. The van der Waals surface area contributed by atoms with Gasteiger partial charge in [-0.15, -0.1) is 0 Å². The maximum atomic E-state index is 13.3. The van der Waals surface area contributed by atoms with E-state index >= 15 is 0 Å². The largest absolute Gasteiger partial charge is 0.465 e. The minimum absolute atomic E-state index is 0.216. The summed E-state index contributed by atoms with van der Waals surface area (Å²) in [6.07, 6.45) is 1.57. The van der Waals surface area contributed by atoms with Gasteiger partial charge >= 0.3 is 5.97 Å². The van der Waals surface area contributed by atoms with Crippen LogP contribution < -0.4 is 10.2 Å². The number of likely N-dealkylation sites (N-methyl/N-ethyl adjacent to an activating group) is 1. The van der Waals surface area contributed by atoms with Crippen LogP contribution >= 0.6 is 0 Å². The Morgan fingerprint density at radius 2 is 2.35 bits per heavy atom. The molecule has 0 bridgehead atoms. The first kappa shape index (κ1) is 14.8. The van der Waals surface area contributed by atoms with Crippen LogP contribution in [0.15, 0.2) is 18.2 Å². The van der Waals surface area contributed by atoms with Gasteiger partial charge in [-0.25, -0.2) is 4.39 Å². The van der Waals surface area contributed by atoms with Crippen LogP contribution in [0.5, 0.6) is 0 Å². The van der Waals surface area contributed by atoms with Crippen molar-refractivity contribution in [3.05, 3.63) is 29.6 Å². The van der Waals surface area contributed by atoms with Gasteiger partial charge in [0.1, 0.15) is 11.9 Å². The summed E-state index contributed by atoms with van der Waals surface area (Å²) in [7, 11) is 1.75. The Morgan fingerprint density at radius 3 is 3.05 bits per heavy atom. The van der Waals surface area contributed by atoms with E-state index in [4.69, 9.17) is 4.74 Å². The van der Waals surface area contributed by atoms with E-state index < -0.39 is 0 Å². The van der Waals surface area contributed by atoms with Gasteiger partial charge in [0.05, 0.1) is 6.61 Å². The van der Waals surface area contributed by atoms with Crippen molar-refractivity contribution in [3.63, 3.8) is 0 Å². The van der Waals surface area contributed by atoms with Gasteiger partial charge in [0.25, 0.3) is 0 Å². The quantitative estimate of drug-likeness (QED) is 0.806. The van der Waals surface area contributed by atoms with Gasteiger partial charge in [0.2, 0.25) is 0 Å². The Balaban J connectivity index is 1.95. The van der Waals surface area contributed by atoms with Crippen LogP contribution in [0, 0.1) is 5.82 Å². The number of hydrogen-bond donors (Lipinski definition) is 1. The van der Waals surface area contributed by atoms with Crippen LogP contribution in [-0.2, 0) is 16.0 Å². The lowest BCUT2D eigenvalue weighted by Crippen LogP contribution is -2.39. The van der Waals surface area contributed by atoms with Crippen LogP contribution in [0.3, 0.4) is 0 Å². The summed E-state index contributed by atoms with van der Waals surface area (Å²) >= 11 is 0. The van der Waals surface area contributed by atoms with E-state index in [0.29, 0.717) is 19.6 Å². The van der Waals surface area contributed by atoms with Gasteiger partial charge in [-0.05, 0) is 44.5 Å². The van der Waals surface area contributed by atoms with Crippen molar-refractivity contribution in [2.45, 2.75) is 25.8 Å². The molecule has 0 aromatic heterocycles. The van der Waals surface area contributed by atoms with Crippen molar-refractivity contribution in [2.75, 3.05) is 31.6 Å². The van der Waals surface area contributed by atoms with E-state index in [1.165, 1.54) is 11.6 Å². The second-order valence-electron chi connectivity index (χ2n) is 4.89. The van der Waals surface area contributed by atoms with Gasteiger partial charge in [0, 0.05) is 18.8 Å². The summed E-state index contributed by atoms with van der Waals surface area (Å²) in [5, 5.41) is 2.97. The standard InChI is InChI=1S/C15H21FN2O2/c1-3-20-15(19)13(17-2)7-9-18-8-6-11-4-5-12(16)10-14(11)18/h4-5,10,13,17H,3,6-9H2,1-2H3. The molecule has 2 rings (SSSR count). The molecule has 1 aromatic carbocycles. The summed E-state index contributed by atoms with van der Waals surface area (Å²) in [6, 6.07) is 4.59. The number of halogens is 1. The summed E-state index contributed by atoms with van der Waals surface area (Å²) in [6.45, 7) is 3.76. The molecule has 1 atom stereocenters. The summed E-state index contributed by atoms with van der Waals surface area (Å²) in [5.41, 5.74) is 2.12. The molecule has 20 heavy (non-hydrogen) atoms. The van der Waals surface area contributed by atoms with E-state index in [-0.39, 0.29) is 17.8 Å². The highest BCUT2D eigenvalue weighted by atomic mass is 19.1. The predicted octanol–water partition coefficient (Wildman–Crippen LogP) is 1.73. The fourth-order valence-electron chi connectivity index (χ4n) is 2.56. The first-order chi connectivity index (χ1) is 9.65. The zero-order valence-corrected chi connectivity index (χ0v) is 12.0. The highest BCUT2D eigenvalue weighted by molar-refractivity contribution is 5.75. The Morgan fingerprint density at radius 1 is 1.55 bits per heavy atom. The van der Waals surface area contributed by atoms with Crippen LogP contribution in [0.2, 0.25) is 0 Å². The molecule has 1 aliphatic heterocycles. The first-order valence-corrected chi connectivity index (χ1v) is 7.03. The minimum Gasteiger partial charge on any atom is -0.465 e. The molecule has 1 unspecified atom stereocenters. The average molecular weight is 280 g/mol. The third-order valence-corrected chi connectivity index (χ3v) is 3.65. The van der Waals surface area contributed by atoms with Crippen molar-refractivity contribution in [1.82, 2.24) is 5.32 Å². The zero-order chi connectivity index (χ0) is 14.5. The Hall–Kier alpha value is -1.62. The van der Waals surface area contributed by atoms with E-state index in [9.17, 15) is 9.18 Å². The lowest BCUT2D eigenvalue weighted by Gasteiger charge is -2.22. The number of ether oxygens (including phenoxy) is 1. The van der Waals surface area contributed by atoms with Crippen LogP contribution in [0.1, 0.15) is 18.9 Å². The van der Waals surface area contributed by atoms with Crippen molar-refractivity contribution < 1.29 is 13.9 Å². The fraction of sp³-hybridized carbons (Fsp3) is 0.533. The third-order valence-electron chi connectivity index (χ3n) is 3.65. The van der Waals surface area contributed by atoms with Crippen LogP contribution in [-0.4, -0.2) is 38.8 Å². The first-order valence-electron chi connectivity index (χ1n) is 7.03. The zero-order valence-electron chi connectivity index (χ0n) is 12.0. The molecule has 0 spiro atoms. The van der Waals surface area contributed by atoms with E-state index in [1.807, 2.05) is 6.07 Å². The van der Waals surface area contributed by atoms with Crippen molar-refractivity contribution >= 4 is 11.7 Å². The molecule has 0 radical (unpaired) electrons. The second-order valence-corrected chi connectivity index (χ2v) is 4.89. The molecule has 5 heteroatoms. The Labute approximate surface area is 118 Å². The van der Waals surface area contributed by atoms with Crippen molar-refractivity contribution in [3.8, 4) is 0 Å². The molecule has 0 saturated carbocycles. The molecule has 0 aliphatic carbocycles. The molecular weight excluding hydrogens is 259 g/mol. The highest BCUT2D eigenvalue weighted by Gasteiger charge is 2.23. The van der Waals surface area contributed by atoms with Crippen LogP contribution in [0.4, 0.5) is 10.1 Å². The summed E-state index contributed by atoms with van der Waals surface area (Å²) in [4.78, 5) is 13.8. The van der Waals surface area contributed by atoms with Gasteiger partial charge in [-0.1, -0.05) is 6.07 Å². The molecule has 0 amide bonds. The number of nitrogens with zero attached hydrogens (tertiary/aromatic N) is 1. The normalized spacial score (nSPS) is 15.1. The SMILES string of the molecule is CCOC(=O)C(CCN1CCc2ccc(F)cc21)NC. The second kappa shape index (κ2) is 6.70. The van der Waals surface area contributed by atoms with Gasteiger partial charge in [0.15, 0.2) is 0 Å². The molecular formula is C15H21FN2O2. The fourth-order valence-corrected chi connectivity index (χ4v) is 2.56. The molecule has 1 heterocycles. The summed E-state index contributed by atoms with van der Waals surface area (Å²) < 4.78 is 18.3. The van der Waals surface area contributed by atoms with Crippen molar-refractivity contribution in [2.24, 2.45) is 0 Å². The lowest BCUT2D eigenvalue weighted by molar-refractivity contribution is -0.145. The van der Waals surface area contributed by atoms with E-state index in [0.717, 1.165) is 18.7 Å². The third kappa shape index (κ3) is 3.28. The van der Waals surface area contributed by atoms with Crippen LogP contribution in [0.25, 0.3) is 0 Å². The Bertz CT molecular complexity index is 479. The Kier molecular flexibility index (Phi) is 4.95. The highest BCUT2D eigenvalue weighted by Crippen LogP contribution is 2.28. The number of nitrogens with one attached hydrogen (secondary N) is 1. The number of carbonyl (C=O) groups is 1. The van der Waals surface area contributed by atoms with Crippen molar-refractivity contribution in [1.29, 1.82) is 0 Å². The monoisotopic (exact) mass is 280 g/mol. The number of fused-ring (bicyclic) bond motifs is 1. The molecule has 0 saturated heterocycles. The number of hydrogen-bond acceptors (Lipinski definition) is 4.